The molecular formula is C19H17F3N2O3. The molecule has 142 valence electrons. The standard InChI is InChI=1S/C19H17F3N2O3/c20-19(21,22)24(9-12-4-2-1-3-5-12)10-13-11-26-18-14-8-17(25)23-15(14)6-7-16(18)27-13/h1-7,13H,8-11H2,(H,23,25). The Hall–Kier alpha value is -2.74. The van der Waals surface area contributed by atoms with Gasteiger partial charge in [-0.15, -0.1) is 0 Å². The smallest absolute Gasteiger partial charge is 0.460 e. The van der Waals surface area contributed by atoms with Crippen LogP contribution in [-0.4, -0.2) is 36.4 Å². The fourth-order valence-corrected chi connectivity index (χ4v) is 3.29. The van der Waals surface area contributed by atoms with Gasteiger partial charge >= 0.3 is 6.30 Å². The van der Waals surface area contributed by atoms with Crippen molar-refractivity contribution in [1.29, 1.82) is 0 Å². The quantitative estimate of drug-likeness (QED) is 0.830. The van der Waals surface area contributed by atoms with Crippen molar-refractivity contribution in [3.8, 4) is 11.5 Å². The number of carbonyl (C=O) groups is 1. The number of halogens is 3. The molecule has 0 radical (unpaired) electrons. The Morgan fingerprint density at radius 2 is 1.93 bits per heavy atom. The van der Waals surface area contributed by atoms with E-state index in [4.69, 9.17) is 9.47 Å². The van der Waals surface area contributed by atoms with Crippen molar-refractivity contribution >= 4 is 11.6 Å². The van der Waals surface area contributed by atoms with Crippen LogP contribution in [0.3, 0.4) is 0 Å². The lowest BCUT2D eigenvalue weighted by Gasteiger charge is -2.32. The van der Waals surface area contributed by atoms with Crippen LogP contribution in [0.25, 0.3) is 0 Å². The topological polar surface area (TPSA) is 50.8 Å². The van der Waals surface area contributed by atoms with E-state index in [1.165, 1.54) is 0 Å². The van der Waals surface area contributed by atoms with E-state index in [2.05, 4.69) is 5.32 Å². The number of ether oxygens (including phenoxy) is 2. The Kier molecular flexibility index (Phi) is 4.43. The van der Waals surface area contributed by atoms with Crippen LogP contribution in [0.15, 0.2) is 42.5 Å². The van der Waals surface area contributed by atoms with E-state index >= 15 is 0 Å². The van der Waals surface area contributed by atoms with Crippen LogP contribution in [-0.2, 0) is 17.8 Å². The van der Waals surface area contributed by atoms with Gasteiger partial charge in [0.25, 0.3) is 0 Å². The second kappa shape index (κ2) is 6.77. The molecule has 1 atom stereocenters. The molecule has 1 N–H and O–H groups in total. The zero-order chi connectivity index (χ0) is 19.0. The first kappa shape index (κ1) is 17.7. The minimum Gasteiger partial charge on any atom is -0.485 e. The Labute approximate surface area is 153 Å². The molecule has 1 unspecified atom stereocenters. The van der Waals surface area contributed by atoms with Crippen molar-refractivity contribution in [3.63, 3.8) is 0 Å². The van der Waals surface area contributed by atoms with E-state index in [0.29, 0.717) is 33.2 Å². The molecule has 0 bridgehead atoms. The molecule has 2 aliphatic heterocycles. The van der Waals surface area contributed by atoms with Crippen LogP contribution in [0.2, 0.25) is 0 Å². The average molecular weight is 378 g/mol. The first-order valence-corrected chi connectivity index (χ1v) is 8.51. The second-order valence-electron chi connectivity index (χ2n) is 6.53. The number of nitrogens with one attached hydrogen (secondary N) is 1. The zero-order valence-corrected chi connectivity index (χ0v) is 14.3. The van der Waals surface area contributed by atoms with Crippen LogP contribution in [0.5, 0.6) is 11.5 Å². The number of rotatable bonds is 4. The molecule has 4 rings (SSSR count). The van der Waals surface area contributed by atoms with Crippen LogP contribution < -0.4 is 14.8 Å². The van der Waals surface area contributed by atoms with E-state index < -0.39 is 12.4 Å². The van der Waals surface area contributed by atoms with Crippen LogP contribution in [0.4, 0.5) is 18.9 Å². The number of fused-ring (bicyclic) bond motifs is 3. The largest absolute Gasteiger partial charge is 0.485 e. The highest BCUT2D eigenvalue weighted by atomic mass is 19.4. The van der Waals surface area contributed by atoms with E-state index in [-0.39, 0.29) is 32.0 Å². The van der Waals surface area contributed by atoms with E-state index in [1.807, 2.05) is 0 Å². The maximum Gasteiger partial charge on any atom is 0.460 e. The maximum atomic E-state index is 13.5. The highest BCUT2D eigenvalue weighted by Gasteiger charge is 2.40. The molecule has 2 aromatic carbocycles. The van der Waals surface area contributed by atoms with Gasteiger partial charge in [-0.1, -0.05) is 30.3 Å². The predicted octanol–water partition coefficient (Wildman–Crippen LogP) is 3.34. The summed E-state index contributed by atoms with van der Waals surface area (Å²) in [6.45, 7) is -0.634. The predicted molar refractivity (Wildman–Crippen MR) is 91.6 cm³/mol. The zero-order valence-electron chi connectivity index (χ0n) is 14.3. The van der Waals surface area contributed by atoms with Gasteiger partial charge in [0.05, 0.1) is 6.42 Å². The number of amides is 1. The van der Waals surface area contributed by atoms with Gasteiger partial charge < -0.3 is 14.8 Å². The summed E-state index contributed by atoms with van der Waals surface area (Å²) in [5, 5.41) is 2.71. The summed E-state index contributed by atoms with van der Waals surface area (Å²) in [5.74, 6) is 0.655. The molecule has 1 amide bonds. The molecule has 0 aliphatic carbocycles. The van der Waals surface area contributed by atoms with Crippen molar-refractivity contribution in [3.05, 3.63) is 53.6 Å². The summed E-state index contributed by atoms with van der Waals surface area (Å²) < 4.78 is 51.8. The fourth-order valence-electron chi connectivity index (χ4n) is 3.29. The van der Waals surface area contributed by atoms with Gasteiger partial charge in [0.2, 0.25) is 5.91 Å². The Morgan fingerprint density at radius 3 is 2.67 bits per heavy atom. The van der Waals surface area contributed by atoms with Crippen molar-refractivity contribution in [1.82, 2.24) is 4.90 Å². The third-order valence-corrected chi connectivity index (χ3v) is 4.54. The molecule has 5 nitrogen and oxygen atoms in total. The third-order valence-electron chi connectivity index (χ3n) is 4.54. The molecule has 27 heavy (non-hydrogen) atoms. The van der Waals surface area contributed by atoms with Crippen molar-refractivity contribution in [2.24, 2.45) is 0 Å². The van der Waals surface area contributed by atoms with Crippen molar-refractivity contribution < 1.29 is 27.4 Å². The summed E-state index contributed by atoms with van der Waals surface area (Å²) in [7, 11) is 0. The van der Waals surface area contributed by atoms with Gasteiger partial charge in [-0.3, -0.25) is 4.79 Å². The summed E-state index contributed by atoms with van der Waals surface area (Å²) in [6.07, 6.45) is -5.09. The normalized spacial score (nSPS) is 18.4. The van der Waals surface area contributed by atoms with Gasteiger partial charge in [0, 0.05) is 24.3 Å². The van der Waals surface area contributed by atoms with Gasteiger partial charge in [-0.05, 0) is 17.7 Å². The van der Waals surface area contributed by atoms with Gasteiger partial charge in [-0.25, -0.2) is 4.90 Å². The Bertz CT molecular complexity index is 855. The fraction of sp³-hybridized carbons (Fsp3) is 0.316. The molecule has 2 heterocycles. The number of nitrogens with zero attached hydrogens (tertiary/aromatic N) is 1. The van der Waals surface area contributed by atoms with Gasteiger partial charge in [0.15, 0.2) is 11.5 Å². The van der Waals surface area contributed by atoms with Crippen LogP contribution >= 0.6 is 0 Å². The molecule has 0 fully saturated rings. The highest BCUT2D eigenvalue weighted by molar-refractivity contribution is 6.00. The minimum atomic E-state index is -4.49. The molecule has 2 aliphatic rings. The van der Waals surface area contributed by atoms with Gasteiger partial charge in [0.1, 0.15) is 12.7 Å². The summed E-state index contributed by atoms with van der Waals surface area (Å²) in [4.78, 5) is 12.0. The Morgan fingerprint density at radius 1 is 1.15 bits per heavy atom. The summed E-state index contributed by atoms with van der Waals surface area (Å²) in [5.41, 5.74) is 1.91. The van der Waals surface area contributed by atoms with Crippen LogP contribution in [0, 0.1) is 0 Å². The first-order valence-electron chi connectivity index (χ1n) is 8.51. The molecule has 0 saturated carbocycles. The molecule has 0 aromatic heterocycles. The number of hydrogen-bond acceptors (Lipinski definition) is 4. The number of alkyl halides is 3. The average Bonchev–Trinajstić information content (AvgIpc) is 3.02. The number of benzene rings is 2. The SMILES string of the molecule is O=C1Cc2c(ccc3c2OCC(CN(Cc2ccccc2)C(F)(F)F)O3)N1. The number of anilines is 1. The van der Waals surface area contributed by atoms with Crippen molar-refractivity contribution in [2.45, 2.75) is 25.4 Å². The summed E-state index contributed by atoms with van der Waals surface area (Å²) in [6, 6.07) is 11.8. The highest BCUT2D eigenvalue weighted by Crippen LogP contribution is 2.42. The molecule has 0 saturated heterocycles. The van der Waals surface area contributed by atoms with Gasteiger partial charge in [-0.2, -0.15) is 13.2 Å². The third kappa shape index (κ3) is 3.71. The van der Waals surface area contributed by atoms with Crippen LogP contribution in [0.1, 0.15) is 11.1 Å². The summed E-state index contributed by atoms with van der Waals surface area (Å²) >= 11 is 0. The minimum absolute atomic E-state index is 0.0149. The molecular weight excluding hydrogens is 361 g/mol. The monoisotopic (exact) mass is 378 g/mol. The molecule has 0 spiro atoms. The second-order valence-corrected chi connectivity index (χ2v) is 6.53. The Balaban J connectivity index is 1.49. The van der Waals surface area contributed by atoms with Crippen molar-refractivity contribution in [2.75, 3.05) is 18.5 Å². The lowest BCUT2D eigenvalue weighted by molar-refractivity contribution is -0.255. The van der Waals surface area contributed by atoms with E-state index in [9.17, 15) is 18.0 Å². The number of carbonyl (C=O) groups excluding carboxylic acids is 1. The van der Waals surface area contributed by atoms with E-state index in [1.54, 1.807) is 42.5 Å². The number of hydrogen-bond donors (Lipinski definition) is 1. The van der Waals surface area contributed by atoms with E-state index in [0.717, 1.165) is 0 Å². The lowest BCUT2D eigenvalue weighted by Crippen LogP contribution is -2.46. The first-order chi connectivity index (χ1) is 12.9. The molecule has 2 aromatic rings. The molecule has 8 heteroatoms. The lowest BCUT2D eigenvalue weighted by atomic mass is 10.1. The maximum absolute atomic E-state index is 13.5.